The maximum atomic E-state index is 12.7. The molecule has 4 aromatic carbocycles. The number of carboxylic acid groups (broad SMARTS) is 2. The van der Waals surface area contributed by atoms with E-state index in [0.717, 1.165) is 16.7 Å². The highest BCUT2D eigenvalue weighted by Crippen LogP contribution is 2.35. The van der Waals surface area contributed by atoms with Crippen LogP contribution in [0.4, 0.5) is 0 Å². The monoisotopic (exact) mass is 551 g/mol. The number of nitrogens with zero attached hydrogens (tertiary/aromatic N) is 1. The van der Waals surface area contributed by atoms with Gasteiger partial charge in [-0.25, -0.2) is 9.78 Å². The summed E-state index contributed by atoms with van der Waals surface area (Å²) in [6.45, 7) is 6.54. The molecule has 208 valence electrons. The third-order valence-corrected chi connectivity index (χ3v) is 7.01. The van der Waals surface area contributed by atoms with E-state index in [4.69, 9.17) is 10.1 Å². The van der Waals surface area contributed by atoms with Crippen LogP contribution in [0.15, 0.2) is 72.8 Å². The van der Waals surface area contributed by atoms with E-state index in [0.29, 0.717) is 27.6 Å². The van der Waals surface area contributed by atoms with Gasteiger partial charge < -0.3 is 25.6 Å². The Hall–Kier alpha value is -5.18. The van der Waals surface area contributed by atoms with Gasteiger partial charge in [0.25, 0.3) is 5.91 Å². The fourth-order valence-electron chi connectivity index (χ4n) is 4.80. The Balaban J connectivity index is 1.48. The highest BCUT2D eigenvalue weighted by molar-refractivity contribution is 6.11. The lowest BCUT2D eigenvalue weighted by atomic mass is 9.86. The van der Waals surface area contributed by atoms with Crippen molar-refractivity contribution in [3.8, 4) is 28.3 Å². The number of aliphatic carboxylic acids is 2. The molecule has 9 nitrogen and oxygen atoms in total. The third-order valence-electron chi connectivity index (χ3n) is 7.01. The molecule has 5 rings (SSSR count). The number of amides is 1. The number of aromatic hydroxyl groups is 1. The van der Waals surface area contributed by atoms with Crippen molar-refractivity contribution in [3.63, 3.8) is 0 Å². The summed E-state index contributed by atoms with van der Waals surface area (Å²) < 4.78 is 0. The second kappa shape index (κ2) is 10.4. The van der Waals surface area contributed by atoms with Crippen molar-refractivity contribution in [2.24, 2.45) is 0 Å². The van der Waals surface area contributed by atoms with Crippen LogP contribution in [0.2, 0.25) is 0 Å². The molecule has 1 aromatic heterocycles. The van der Waals surface area contributed by atoms with Crippen LogP contribution in [-0.2, 0) is 15.0 Å². The fourth-order valence-corrected chi connectivity index (χ4v) is 4.80. The van der Waals surface area contributed by atoms with Gasteiger partial charge in [0, 0.05) is 11.1 Å². The Morgan fingerprint density at radius 2 is 1.61 bits per heavy atom. The van der Waals surface area contributed by atoms with Gasteiger partial charge in [0.05, 0.1) is 17.3 Å². The smallest absolute Gasteiger partial charge is 0.326 e. The minimum absolute atomic E-state index is 0.00747. The van der Waals surface area contributed by atoms with E-state index < -0.39 is 30.3 Å². The largest absolute Gasteiger partial charge is 0.507 e. The predicted molar refractivity (Wildman–Crippen MR) is 156 cm³/mol. The number of phenols is 1. The minimum atomic E-state index is -1.61. The van der Waals surface area contributed by atoms with E-state index in [-0.39, 0.29) is 16.7 Å². The SMILES string of the molecule is CC(C)(C)c1ccc(-c2cccc(-c3nc4c(ccc5cc(C(=O)NC(CC(=O)O)C(=O)O)cc(O)c54)[nH]3)c2)cc1. The number of aromatic nitrogens is 2. The summed E-state index contributed by atoms with van der Waals surface area (Å²) in [6, 6.07) is 21.1. The molecule has 1 amide bonds. The van der Waals surface area contributed by atoms with Crippen LogP contribution in [0.1, 0.15) is 43.1 Å². The number of carboxylic acids is 2. The van der Waals surface area contributed by atoms with Crippen LogP contribution in [0.5, 0.6) is 5.75 Å². The minimum Gasteiger partial charge on any atom is -0.507 e. The number of fused-ring (bicyclic) bond motifs is 3. The number of carbonyl (C=O) groups is 3. The molecule has 41 heavy (non-hydrogen) atoms. The van der Waals surface area contributed by atoms with Crippen molar-refractivity contribution in [2.45, 2.75) is 38.6 Å². The van der Waals surface area contributed by atoms with Gasteiger partial charge in [0.2, 0.25) is 0 Å². The van der Waals surface area contributed by atoms with Crippen molar-refractivity contribution >= 4 is 39.7 Å². The normalized spacial score (nSPS) is 12.4. The molecule has 5 aromatic rings. The zero-order valence-electron chi connectivity index (χ0n) is 22.7. The average Bonchev–Trinajstić information content (AvgIpc) is 3.36. The van der Waals surface area contributed by atoms with Gasteiger partial charge in [0.1, 0.15) is 23.1 Å². The Kier molecular flexibility index (Phi) is 6.96. The van der Waals surface area contributed by atoms with Crippen molar-refractivity contribution in [1.82, 2.24) is 15.3 Å². The Morgan fingerprint density at radius 1 is 0.902 bits per heavy atom. The summed E-state index contributed by atoms with van der Waals surface area (Å²) >= 11 is 0. The van der Waals surface area contributed by atoms with Gasteiger partial charge in [-0.1, -0.05) is 69.3 Å². The van der Waals surface area contributed by atoms with Crippen molar-refractivity contribution in [2.75, 3.05) is 0 Å². The number of hydrogen-bond donors (Lipinski definition) is 5. The highest BCUT2D eigenvalue weighted by Gasteiger charge is 2.24. The molecule has 9 heteroatoms. The van der Waals surface area contributed by atoms with E-state index in [2.05, 4.69) is 55.3 Å². The lowest BCUT2D eigenvalue weighted by Gasteiger charge is -2.19. The maximum Gasteiger partial charge on any atom is 0.326 e. The second-order valence-corrected chi connectivity index (χ2v) is 11.0. The predicted octanol–water partition coefficient (Wildman–Crippen LogP) is 5.71. The number of aromatic amines is 1. The van der Waals surface area contributed by atoms with Gasteiger partial charge in [-0.05, 0) is 51.8 Å². The number of carbonyl (C=O) groups excluding carboxylic acids is 1. The molecule has 0 saturated heterocycles. The molecule has 1 unspecified atom stereocenters. The number of nitrogens with one attached hydrogen (secondary N) is 2. The Bertz CT molecular complexity index is 1820. The number of rotatable bonds is 7. The Morgan fingerprint density at radius 3 is 2.27 bits per heavy atom. The van der Waals surface area contributed by atoms with Crippen LogP contribution < -0.4 is 5.32 Å². The van der Waals surface area contributed by atoms with Gasteiger partial charge in [-0.2, -0.15) is 0 Å². The zero-order valence-corrected chi connectivity index (χ0v) is 22.7. The quantitative estimate of drug-likeness (QED) is 0.174. The molecule has 0 aliphatic rings. The first-order chi connectivity index (χ1) is 19.4. The molecule has 0 saturated carbocycles. The van der Waals surface area contributed by atoms with E-state index in [9.17, 15) is 24.6 Å². The van der Waals surface area contributed by atoms with Gasteiger partial charge >= 0.3 is 11.9 Å². The summed E-state index contributed by atoms with van der Waals surface area (Å²) in [6.07, 6.45) is -0.777. The second-order valence-electron chi connectivity index (χ2n) is 11.0. The first-order valence-electron chi connectivity index (χ1n) is 13.0. The molecule has 0 radical (unpaired) electrons. The molecule has 0 aliphatic heterocycles. The summed E-state index contributed by atoms with van der Waals surface area (Å²) in [5.41, 5.74) is 5.49. The number of imidazole rings is 1. The summed E-state index contributed by atoms with van der Waals surface area (Å²) in [5, 5.41) is 32.2. The standard InChI is InChI=1S/C32H29N3O6/c1-32(2,3)22-10-7-17(8-11-22)18-5-4-6-20(13-18)29-33-23-12-9-19-14-21(15-25(36)27(19)28(23)35-29)30(39)34-24(31(40)41)16-26(37)38/h4-15,24,36H,16H2,1-3H3,(H,33,35)(H,34,39)(H,37,38)(H,40,41). The van der Waals surface area contributed by atoms with Crippen molar-refractivity contribution in [3.05, 3.63) is 83.9 Å². The molecule has 1 atom stereocenters. The number of hydrogen-bond acceptors (Lipinski definition) is 5. The van der Waals surface area contributed by atoms with E-state index in [1.54, 1.807) is 12.1 Å². The molecule has 5 N–H and O–H groups in total. The number of H-pyrrole nitrogens is 1. The van der Waals surface area contributed by atoms with Crippen LogP contribution >= 0.6 is 0 Å². The van der Waals surface area contributed by atoms with Gasteiger partial charge in [0.15, 0.2) is 0 Å². The van der Waals surface area contributed by atoms with E-state index in [1.165, 1.54) is 17.7 Å². The van der Waals surface area contributed by atoms with Crippen LogP contribution in [0.3, 0.4) is 0 Å². The summed E-state index contributed by atoms with van der Waals surface area (Å²) in [7, 11) is 0. The molecule has 0 aliphatic carbocycles. The van der Waals surface area contributed by atoms with Crippen molar-refractivity contribution in [1.29, 1.82) is 0 Å². The maximum absolute atomic E-state index is 12.7. The molecule has 0 bridgehead atoms. The van der Waals surface area contributed by atoms with E-state index >= 15 is 0 Å². The van der Waals surface area contributed by atoms with Crippen LogP contribution in [0.25, 0.3) is 44.3 Å². The number of phenolic OH excluding ortho intramolecular Hbond substituents is 1. The number of benzene rings is 4. The van der Waals surface area contributed by atoms with Gasteiger partial charge in [-0.15, -0.1) is 0 Å². The lowest BCUT2D eigenvalue weighted by molar-refractivity contribution is -0.145. The summed E-state index contributed by atoms with van der Waals surface area (Å²) in [4.78, 5) is 43.1. The molecule has 0 spiro atoms. The average molecular weight is 552 g/mol. The first-order valence-corrected chi connectivity index (χ1v) is 13.0. The molecular weight excluding hydrogens is 522 g/mol. The highest BCUT2D eigenvalue weighted by atomic mass is 16.4. The van der Waals surface area contributed by atoms with Gasteiger partial charge in [-0.3, -0.25) is 9.59 Å². The topological polar surface area (TPSA) is 153 Å². The van der Waals surface area contributed by atoms with Crippen LogP contribution in [0, 0.1) is 0 Å². The third kappa shape index (κ3) is 5.60. The van der Waals surface area contributed by atoms with E-state index in [1.807, 2.05) is 24.3 Å². The lowest BCUT2D eigenvalue weighted by Crippen LogP contribution is -2.42. The fraction of sp³-hybridized carbons (Fsp3) is 0.188. The molecule has 1 heterocycles. The molecule has 0 fully saturated rings. The van der Waals surface area contributed by atoms with Crippen molar-refractivity contribution < 1.29 is 29.7 Å². The Labute approximate surface area is 235 Å². The molecular formula is C32H29N3O6. The van der Waals surface area contributed by atoms with Crippen LogP contribution in [-0.4, -0.2) is 49.2 Å². The first kappa shape index (κ1) is 27.4. The summed E-state index contributed by atoms with van der Waals surface area (Å²) in [5.74, 6) is -3.25. The zero-order chi connectivity index (χ0) is 29.5.